The van der Waals surface area contributed by atoms with Gasteiger partial charge in [0, 0.05) is 26.2 Å². The minimum Gasteiger partial charge on any atom is -0.476 e. The monoisotopic (exact) mass is 395 g/mol. The van der Waals surface area contributed by atoms with Gasteiger partial charge in [-0.1, -0.05) is 6.92 Å². The Hall–Kier alpha value is -2.14. The zero-order valence-electron chi connectivity index (χ0n) is 15.1. The summed E-state index contributed by atoms with van der Waals surface area (Å²) in [7, 11) is 1.77. The Bertz CT molecular complexity index is 627. The van der Waals surface area contributed by atoms with Crippen molar-refractivity contribution in [1.82, 2.24) is 15.1 Å². The van der Waals surface area contributed by atoms with Crippen molar-refractivity contribution < 1.29 is 37.7 Å². The highest BCUT2D eigenvalue weighted by Crippen LogP contribution is 2.18. The predicted molar refractivity (Wildman–Crippen MR) is 88.4 cm³/mol. The summed E-state index contributed by atoms with van der Waals surface area (Å²) in [4.78, 5) is 19.8. The predicted octanol–water partition coefficient (Wildman–Crippen LogP) is 2.19. The number of alkyl halides is 3. The highest BCUT2D eigenvalue weighted by molar-refractivity contribution is 5.85. The summed E-state index contributed by atoms with van der Waals surface area (Å²) < 4.78 is 39.2. The zero-order chi connectivity index (χ0) is 20.6. The van der Waals surface area contributed by atoms with Gasteiger partial charge in [-0.2, -0.15) is 18.3 Å². The molecule has 2 rings (SSSR count). The Labute approximate surface area is 154 Å². The lowest BCUT2D eigenvalue weighted by Gasteiger charge is -2.30. The molecule has 0 spiro atoms. The van der Waals surface area contributed by atoms with Gasteiger partial charge < -0.3 is 20.3 Å². The molecule has 0 aromatic carbocycles. The van der Waals surface area contributed by atoms with Gasteiger partial charge in [-0.05, 0) is 31.7 Å². The standard InChI is InChI=1S/C14H23N3O3.C2HF3O2/c1-3-11(13-6-4-5-7-20-13)15-9-10-8-12(14(18)19)16-17(10)2;3-2(4,5)1(6)7/h8,11,13,15H,3-7,9H2,1-2H3,(H,18,19);(H,6,7). The first-order valence-electron chi connectivity index (χ1n) is 8.47. The minimum absolute atomic E-state index is 0.0891. The SMILES string of the molecule is CCC(NCc1cc(C(=O)O)nn1C)C1CCCCO1.O=C(O)C(F)(F)F. The van der Waals surface area contributed by atoms with Crippen LogP contribution in [0.3, 0.4) is 0 Å². The van der Waals surface area contributed by atoms with Crippen LogP contribution in [0, 0.1) is 0 Å². The van der Waals surface area contributed by atoms with Crippen molar-refractivity contribution in [1.29, 1.82) is 0 Å². The van der Waals surface area contributed by atoms with Crippen LogP contribution in [0.5, 0.6) is 0 Å². The molecule has 1 aromatic rings. The molecule has 0 amide bonds. The summed E-state index contributed by atoms with van der Waals surface area (Å²) in [5.74, 6) is -3.75. The van der Waals surface area contributed by atoms with E-state index in [4.69, 9.17) is 19.7 Å². The van der Waals surface area contributed by atoms with Gasteiger partial charge in [0.05, 0.1) is 11.8 Å². The van der Waals surface area contributed by atoms with E-state index in [1.54, 1.807) is 17.8 Å². The third kappa shape index (κ3) is 7.55. The molecular formula is C16H24F3N3O5. The number of aryl methyl sites for hydroxylation is 1. The number of hydrogen-bond acceptors (Lipinski definition) is 5. The molecule has 1 aliphatic rings. The third-order valence-electron chi connectivity index (χ3n) is 4.09. The molecule has 0 saturated carbocycles. The molecule has 0 aliphatic carbocycles. The Morgan fingerprint density at radius 2 is 2.04 bits per heavy atom. The van der Waals surface area contributed by atoms with Crippen LogP contribution in [0.15, 0.2) is 6.07 Å². The summed E-state index contributed by atoms with van der Waals surface area (Å²) in [5, 5.41) is 23.5. The van der Waals surface area contributed by atoms with Crippen LogP contribution in [0.1, 0.15) is 48.8 Å². The topological polar surface area (TPSA) is 114 Å². The number of halogens is 3. The molecule has 8 nitrogen and oxygen atoms in total. The molecule has 154 valence electrons. The molecule has 2 unspecified atom stereocenters. The summed E-state index contributed by atoms with van der Waals surface area (Å²) in [6, 6.07) is 1.92. The number of aliphatic carboxylic acids is 1. The lowest BCUT2D eigenvalue weighted by atomic mass is 10.00. The van der Waals surface area contributed by atoms with Crippen molar-refractivity contribution in [2.24, 2.45) is 7.05 Å². The van der Waals surface area contributed by atoms with E-state index >= 15 is 0 Å². The Balaban J connectivity index is 0.000000445. The average molecular weight is 395 g/mol. The average Bonchev–Trinajstić information content (AvgIpc) is 2.97. The first-order chi connectivity index (χ1) is 12.6. The second kappa shape index (κ2) is 10.3. The number of carboxylic acids is 2. The molecule has 1 aliphatic heterocycles. The largest absolute Gasteiger partial charge is 0.490 e. The zero-order valence-corrected chi connectivity index (χ0v) is 15.1. The molecule has 2 heterocycles. The first kappa shape index (κ1) is 22.9. The number of carboxylic acid groups (broad SMARTS) is 2. The van der Waals surface area contributed by atoms with E-state index in [1.807, 2.05) is 0 Å². The first-order valence-corrected chi connectivity index (χ1v) is 8.47. The Morgan fingerprint density at radius 3 is 2.44 bits per heavy atom. The van der Waals surface area contributed by atoms with E-state index in [-0.39, 0.29) is 11.8 Å². The number of aromatic nitrogens is 2. The van der Waals surface area contributed by atoms with Crippen molar-refractivity contribution in [3.8, 4) is 0 Å². The maximum atomic E-state index is 10.9. The fourth-order valence-corrected chi connectivity index (χ4v) is 2.63. The summed E-state index contributed by atoms with van der Waals surface area (Å²) in [5.41, 5.74) is 0.961. The van der Waals surface area contributed by atoms with Gasteiger partial charge >= 0.3 is 18.1 Å². The van der Waals surface area contributed by atoms with E-state index in [2.05, 4.69) is 17.3 Å². The van der Waals surface area contributed by atoms with Gasteiger partial charge in [0.15, 0.2) is 5.69 Å². The second-order valence-corrected chi connectivity index (χ2v) is 6.05. The number of carbonyl (C=O) groups is 2. The Morgan fingerprint density at radius 1 is 1.41 bits per heavy atom. The quantitative estimate of drug-likeness (QED) is 0.677. The maximum absolute atomic E-state index is 10.9. The number of aromatic carboxylic acids is 1. The number of hydrogen-bond donors (Lipinski definition) is 3. The molecule has 1 fully saturated rings. The molecule has 0 bridgehead atoms. The van der Waals surface area contributed by atoms with Gasteiger partial charge in [-0.25, -0.2) is 9.59 Å². The maximum Gasteiger partial charge on any atom is 0.490 e. The number of ether oxygens (including phenoxy) is 1. The number of nitrogens with zero attached hydrogens (tertiary/aromatic N) is 2. The van der Waals surface area contributed by atoms with Crippen molar-refractivity contribution in [2.75, 3.05) is 6.61 Å². The molecular weight excluding hydrogens is 371 g/mol. The molecule has 27 heavy (non-hydrogen) atoms. The van der Waals surface area contributed by atoms with E-state index in [0.717, 1.165) is 31.6 Å². The highest BCUT2D eigenvalue weighted by Gasteiger charge is 2.38. The van der Waals surface area contributed by atoms with Gasteiger partial charge in [0.25, 0.3) is 0 Å². The number of nitrogens with one attached hydrogen (secondary N) is 1. The van der Waals surface area contributed by atoms with Crippen molar-refractivity contribution in [3.63, 3.8) is 0 Å². The molecule has 1 aromatic heterocycles. The fraction of sp³-hybridized carbons (Fsp3) is 0.688. The smallest absolute Gasteiger partial charge is 0.476 e. The van der Waals surface area contributed by atoms with Crippen molar-refractivity contribution in [2.45, 2.75) is 57.5 Å². The molecule has 2 atom stereocenters. The summed E-state index contributed by atoms with van der Waals surface area (Å²) in [6.07, 6.45) is -0.360. The number of rotatable bonds is 6. The molecule has 3 N–H and O–H groups in total. The van der Waals surface area contributed by atoms with E-state index in [1.165, 1.54) is 6.42 Å². The fourth-order valence-electron chi connectivity index (χ4n) is 2.63. The molecule has 11 heteroatoms. The Kier molecular flexibility index (Phi) is 8.70. The second-order valence-electron chi connectivity index (χ2n) is 6.05. The van der Waals surface area contributed by atoms with Crippen molar-refractivity contribution >= 4 is 11.9 Å². The normalized spacial score (nSPS) is 18.3. The van der Waals surface area contributed by atoms with Crippen molar-refractivity contribution in [3.05, 3.63) is 17.5 Å². The van der Waals surface area contributed by atoms with E-state index in [9.17, 15) is 18.0 Å². The van der Waals surface area contributed by atoms with Crippen LogP contribution in [-0.4, -0.2) is 56.9 Å². The van der Waals surface area contributed by atoms with E-state index in [0.29, 0.717) is 12.6 Å². The lowest BCUT2D eigenvalue weighted by molar-refractivity contribution is -0.192. The van der Waals surface area contributed by atoms with Gasteiger partial charge in [-0.15, -0.1) is 0 Å². The van der Waals surface area contributed by atoms with E-state index < -0.39 is 18.1 Å². The van der Waals surface area contributed by atoms with Crippen LogP contribution < -0.4 is 5.32 Å². The van der Waals surface area contributed by atoms with Crippen LogP contribution >= 0.6 is 0 Å². The summed E-state index contributed by atoms with van der Waals surface area (Å²) >= 11 is 0. The molecule has 1 saturated heterocycles. The summed E-state index contributed by atoms with van der Waals surface area (Å²) in [6.45, 7) is 3.59. The van der Waals surface area contributed by atoms with Gasteiger partial charge in [-0.3, -0.25) is 4.68 Å². The van der Waals surface area contributed by atoms with Crippen LogP contribution in [0.4, 0.5) is 13.2 Å². The minimum atomic E-state index is -5.08. The van der Waals surface area contributed by atoms with Crippen LogP contribution in [-0.2, 0) is 23.1 Å². The van der Waals surface area contributed by atoms with Crippen LogP contribution in [0.2, 0.25) is 0 Å². The van der Waals surface area contributed by atoms with Gasteiger partial charge in [0.2, 0.25) is 0 Å². The lowest BCUT2D eigenvalue weighted by Crippen LogP contribution is -2.42. The highest BCUT2D eigenvalue weighted by atomic mass is 19.4. The third-order valence-corrected chi connectivity index (χ3v) is 4.09. The molecule has 0 radical (unpaired) electrons. The van der Waals surface area contributed by atoms with Crippen LogP contribution in [0.25, 0.3) is 0 Å². The van der Waals surface area contributed by atoms with Gasteiger partial charge in [0.1, 0.15) is 0 Å².